The molecule has 0 aliphatic heterocycles. The van der Waals surface area contributed by atoms with Crippen LogP contribution in [0.15, 0.2) is 46.9 Å². The third-order valence-corrected chi connectivity index (χ3v) is 3.04. The first-order chi connectivity index (χ1) is 9.58. The first-order valence-electron chi connectivity index (χ1n) is 5.95. The minimum absolute atomic E-state index is 0.0132. The van der Waals surface area contributed by atoms with E-state index in [1.165, 1.54) is 12.1 Å². The Morgan fingerprint density at radius 3 is 2.75 bits per heavy atom. The second-order valence-corrected chi connectivity index (χ2v) is 5.10. The van der Waals surface area contributed by atoms with E-state index in [-0.39, 0.29) is 5.69 Å². The maximum atomic E-state index is 10.8. The van der Waals surface area contributed by atoms with Crippen LogP contribution < -0.4 is 10.1 Å². The molecule has 0 bridgehead atoms. The Balaban J connectivity index is 2.25. The molecule has 0 radical (unpaired) electrons. The molecule has 0 fully saturated rings. The van der Waals surface area contributed by atoms with Crippen LogP contribution in [-0.4, -0.2) is 12.0 Å². The smallest absolute Gasteiger partial charge is 0.274 e. The molecular weight excluding hydrogens is 324 g/mol. The predicted octanol–water partition coefficient (Wildman–Crippen LogP) is 3.87. The van der Waals surface area contributed by atoms with Gasteiger partial charge in [0, 0.05) is 17.1 Å². The molecule has 0 saturated heterocycles. The van der Waals surface area contributed by atoms with Crippen LogP contribution in [-0.2, 0) is 6.54 Å². The minimum Gasteiger partial charge on any atom is -0.457 e. The fraction of sp³-hybridized carbons (Fsp3) is 0.143. The van der Waals surface area contributed by atoms with Crippen molar-refractivity contribution in [2.24, 2.45) is 0 Å². The van der Waals surface area contributed by atoms with Gasteiger partial charge in [-0.1, -0.05) is 28.1 Å². The van der Waals surface area contributed by atoms with Gasteiger partial charge in [0.25, 0.3) is 5.69 Å². The number of nitro benzene ring substituents is 1. The van der Waals surface area contributed by atoms with Gasteiger partial charge < -0.3 is 10.1 Å². The Hall–Kier alpha value is -1.92. The van der Waals surface area contributed by atoms with Crippen LogP contribution in [0.5, 0.6) is 11.5 Å². The Morgan fingerprint density at radius 2 is 2.05 bits per heavy atom. The Labute approximate surface area is 124 Å². The number of rotatable bonds is 5. The van der Waals surface area contributed by atoms with Crippen LogP contribution in [0.2, 0.25) is 0 Å². The minimum atomic E-state index is -0.449. The largest absolute Gasteiger partial charge is 0.457 e. The molecule has 0 aliphatic rings. The van der Waals surface area contributed by atoms with Crippen LogP contribution in [0.25, 0.3) is 0 Å². The maximum absolute atomic E-state index is 10.8. The summed E-state index contributed by atoms with van der Waals surface area (Å²) >= 11 is 3.24. The highest BCUT2D eigenvalue weighted by molar-refractivity contribution is 9.10. The molecule has 0 heterocycles. The molecule has 5 nitrogen and oxygen atoms in total. The van der Waals surface area contributed by atoms with Crippen molar-refractivity contribution in [2.75, 3.05) is 7.05 Å². The maximum Gasteiger partial charge on any atom is 0.274 e. The average molecular weight is 337 g/mol. The molecule has 0 atom stereocenters. The van der Waals surface area contributed by atoms with Gasteiger partial charge in [0.1, 0.15) is 11.5 Å². The number of nitro groups is 1. The lowest BCUT2D eigenvalue weighted by molar-refractivity contribution is -0.385. The van der Waals surface area contributed by atoms with Crippen molar-refractivity contribution >= 4 is 21.6 Å². The van der Waals surface area contributed by atoms with Gasteiger partial charge in [0.05, 0.1) is 11.0 Å². The van der Waals surface area contributed by atoms with E-state index in [1.54, 1.807) is 6.07 Å². The molecular formula is C14H13BrN2O3. The fourth-order valence-electron chi connectivity index (χ4n) is 1.77. The topological polar surface area (TPSA) is 64.4 Å². The average Bonchev–Trinajstić information content (AvgIpc) is 2.38. The fourth-order valence-corrected chi connectivity index (χ4v) is 2.23. The molecule has 0 aromatic heterocycles. The number of halogens is 1. The van der Waals surface area contributed by atoms with Crippen LogP contribution in [0.4, 0.5) is 5.69 Å². The Morgan fingerprint density at radius 1 is 1.25 bits per heavy atom. The lowest BCUT2D eigenvalue weighted by Crippen LogP contribution is -2.04. The highest BCUT2D eigenvalue weighted by atomic mass is 79.9. The van der Waals surface area contributed by atoms with Gasteiger partial charge in [0.2, 0.25) is 0 Å². The summed E-state index contributed by atoms with van der Waals surface area (Å²) in [6.45, 7) is 0.732. The van der Waals surface area contributed by atoms with E-state index >= 15 is 0 Å². The van der Waals surface area contributed by atoms with E-state index in [4.69, 9.17) is 4.74 Å². The number of benzene rings is 2. The molecule has 0 spiro atoms. The van der Waals surface area contributed by atoms with E-state index in [0.717, 1.165) is 12.1 Å². The molecule has 20 heavy (non-hydrogen) atoms. The molecule has 0 amide bonds. The van der Waals surface area contributed by atoms with Crippen molar-refractivity contribution < 1.29 is 9.66 Å². The molecule has 2 rings (SSSR count). The highest BCUT2D eigenvalue weighted by Gasteiger charge is 2.10. The van der Waals surface area contributed by atoms with Crippen LogP contribution in [0.1, 0.15) is 5.56 Å². The van der Waals surface area contributed by atoms with Gasteiger partial charge >= 0.3 is 0 Å². The van der Waals surface area contributed by atoms with Crippen molar-refractivity contribution in [3.05, 3.63) is 62.6 Å². The Kier molecular flexibility index (Phi) is 4.70. The third-order valence-electron chi connectivity index (χ3n) is 2.58. The van der Waals surface area contributed by atoms with E-state index in [0.29, 0.717) is 16.0 Å². The van der Waals surface area contributed by atoms with E-state index in [1.807, 2.05) is 31.3 Å². The zero-order valence-electron chi connectivity index (χ0n) is 10.8. The monoisotopic (exact) mass is 336 g/mol. The van der Waals surface area contributed by atoms with E-state index < -0.39 is 4.92 Å². The number of nitrogens with zero attached hydrogens (tertiary/aromatic N) is 1. The molecule has 0 saturated carbocycles. The number of ether oxygens (including phenoxy) is 1. The van der Waals surface area contributed by atoms with Gasteiger partial charge in [0.15, 0.2) is 0 Å². The van der Waals surface area contributed by atoms with Gasteiger partial charge in [-0.2, -0.15) is 0 Å². The van der Waals surface area contributed by atoms with E-state index in [2.05, 4.69) is 21.2 Å². The van der Waals surface area contributed by atoms with E-state index in [9.17, 15) is 10.1 Å². The zero-order valence-corrected chi connectivity index (χ0v) is 12.4. The molecule has 1 N–H and O–H groups in total. The van der Waals surface area contributed by atoms with Gasteiger partial charge in [-0.25, -0.2) is 0 Å². The number of hydrogen-bond donors (Lipinski definition) is 1. The summed E-state index contributed by atoms with van der Waals surface area (Å²) < 4.78 is 6.28. The van der Waals surface area contributed by atoms with Crippen molar-refractivity contribution in [2.45, 2.75) is 6.54 Å². The summed E-state index contributed by atoms with van der Waals surface area (Å²) in [4.78, 5) is 10.4. The molecule has 2 aromatic rings. The summed E-state index contributed by atoms with van der Waals surface area (Å²) in [7, 11) is 1.87. The summed E-state index contributed by atoms with van der Waals surface area (Å²) in [6, 6.07) is 12.1. The first kappa shape index (κ1) is 14.5. The summed E-state index contributed by atoms with van der Waals surface area (Å²) in [5.41, 5.74) is 1.07. The summed E-state index contributed by atoms with van der Waals surface area (Å²) in [6.07, 6.45) is 0. The number of non-ortho nitro benzene ring substituents is 1. The molecule has 104 valence electrons. The summed E-state index contributed by atoms with van der Waals surface area (Å²) in [5, 5.41) is 13.9. The van der Waals surface area contributed by atoms with Crippen molar-refractivity contribution in [1.82, 2.24) is 5.32 Å². The van der Waals surface area contributed by atoms with Crippen molar-refractivity contribution in [3.63, 3.8) is 0 Å². The lowest BCUT2D eigenvalue weighted by Gasteiger charge is -2.08. The highest BCUT2D eigenvalue weighted by Crippen LogP contribution is 2.29. The normalized spacial score (nSPS) is 10.3. The summed E-state index contributed by atoms with van der Waals surface area (Å²) in [5.74, 6) is 1.07. The molecule has 0 aliphatic carbocycles. The number of nitrogens with one attached hydrogen (secondary N) is 1. The molecule has 0 unspecified atom stereocenters. The number of hydrogen-bond acceptors (Lipinski definition) is 4. The SMILES string of the molecule is CNCc1cccc(Oc2cc(Br)cc([N+](=O)[O-])c2)c1. The van der Waals surface area contributed by atoms with Crippen LogP contribution in [0, 0.1) is 10.1 Å². The van der Waals surface area contributed by atoms with Crippen molar-refractivity contribution in [3.8, 4) is 11.5 Å². The first-order valence-corrected chi connectivity index (χ1v) is 6.74. The van der Waals surface area contributed by atoms with Gasteiger partial charge in [-0.05, 0) is 30.8 Å². The molecule has 6 heteroatoms. The van der Waals surface area contributed by atoms with Crippen molar-refractivity contribution in [1.29, 1.82) is 0 Å². The second kappa shape index (κ2) is 6.49. The van der Waals surface area contributed by atoms with Crippen LogP contribution in [0.3, 0.4) is 0 Å². The second-order valence-electron chi connectivity index (χ2n) is 4.18. The third kappa shape index (κ3) is 3.79. The quantitative estimate of drug-likeness (QED) is 0.664. The van der Waals surface area contributed by atoms with Crippen LogP contribution >= 0.6 is 15.9 Å². The van der Waals surface area contributed by atoms with Gasteiger partial charge in [-0.3, -0.25) is 10.1 Å². The predicted molar refractivity (Wildman–Crippen MR) is 80.1 cm³/mol. The molecule has 2 aromatic carbocycles. The Bertz CT molecular complexity index is 632. The zero-order chi connectivity index (χ0) is 14.5. The van der Waals surface area contributed by atoms with Gasteiger partial charge in [-0.15, -0.1) is 0 Å². The standard InChI is InChI=1S/C14H13BrN2O3/c1-16-9-10-3-2-4-13(5-10)20-14-7-11(15)6-12(8-14)17(18)19/h2-8,16H,9H2,1H3. The lowest BCUT2D eigenvalue weighted by atomic mass is 10.2.